The molecule has 0 aromatic rings. The summed E-state index contributed by atoms with van der Waals surface area (Å²) in [6.45, 7) is 9.59. The van der Waals surface area contributed by atoms with Gasteiger partial charge in [0, 0.05) is 6.54 Å². The van der Waals surface area contributed by atoms with Gasteiger partial charge in [0.15, 0.2) is 0 Å². The van der Waals surface area contributed by atoms with Crippen molar-refractivity contribution in [3.63, 3.8) is 0 Å². The fourth-order valence-electron chi connectivity index (χ4n) is 2.07. The van der Waals surface area contributed by atoms with Gasteiger partial charge in [0.05, 0.1) is 0 Å². The number of alkyl halides is 1. The molecule has 0 aromatic heterocycles. The Morgan fingerprint density at radius 3 is 2.88 bits per heavy atom. The third kappa shape index (κ3) is 4.63. The smallest absolute Gasteiger partial charge is 0.103 e. The second-order valence-corrected chi connectivity index (χ2v) is 5.16. The lowest BCUT2D eigenvalue weighted by atomic mass is 9.96. The summed E-state index contributed by atoms with van der Waals surface area (Å²) < 4.78 is 0. The fraction of sp³-hybridized carbons (Fsp3) is 0.714. The molecule has 0 aromatic carbocycles. The van der Waals surface area contributed by atoms with Crippen molar-refractivity contribution in [3.05, 3.63) is 23.5 Å². The molecule has 0 saturated heterocycles. The predicted octanol–water partition coefficient (Wildman–Crippen LogP) is 3.89. The summed E-state index contributed by atoms with van der Waals surface area (Å²) in [5.74, 6) is 1.11. The fourth-order valence-corrected chi connectivity index (χ4v) is 2.28. The van der Waals surface area contributed by atoms with E-state index in [1.165, 1.54) is 24.0 Å². The van der Waals surface area contributed by atoms with Gasteiger partial charge in [-0.3, -0.25) is 0 Å². The Labute approximate surface area is 111 Å². The molecule has 17 heavy (non-hydrogen) atoms. The van der Waals surface area contributed by atoms with Crippen molar-refractivity contribution in [3.8, 4) is 0 Å². The maximum absolute atomic E-state index is 6.16. The lowest BCUT2D eigenvalue weighted by Gasteiger charge is -2.28. The van der Waals surface area contributed by atoms with Gasteiger partial charge in [-0.1, -0.05) is 44.9 Å². The predicted molar refractivity (Wildman–Crippen MR) is 76.0 cm³/mol. The van der Waals surface area contributed by atoms with Crippen molar-refractivity contribution in [2.45, 2.75) is 57.9 Å². The van der Waals surface area contributed by atoms with Gasteiger partial charge in [-0.2, -0.15) is 0 Å². The van der Waals surface area contributed by atoms with E-state index in [1.807, 2.05) is 0 Å². The maximum Gasteiger partial charge on any atom is 0.103 e. The summed E-state index contributed by atoms with van der Waals surface area (Å²) in [7, 11) is 0. The highest BCUT2D eigenvalue weighted by Gasteiger charge is 2.19. The van der Waals surface area contributed by atoms with Gasteiger partial charge >= 0.3 is 0 Å². The molecule has 0 bridgehead atoms. The molecule has 0 spiro atoms. The van der Waals surface area contributed by atoms with Gasteiger partial charge in [-0.25, -0.2) is 0 Å². The second-order valence-electron chi connectivity index (χ2n) is 4.64. The molecule has 0 fully saturated rings. The summed E-state index contributed by atoms with van der Waals surface area (Å²) >= 11 is 6.16. The highest BCUT2D eigenvalue weighted by Crippen LogP contribution is 2.26. The molecule has 1 aliphatic heterocycles. The topological polar surface area (TPSA) is 24.1 Å². The molecule has 2 N–H and O–H groups in total. The highest BCUT2D eigenvalue weighted by atomic mass is 35.5. The van der Waals surface area contributed by atoms with E-state index in [2.05, 4.69) is 31.1 Å². The average Bonchev–Trinajstić information content (AvgIpc) is 2.30. The van der Waals surface area contributed by atoms with E-state index < -0.39 is 0 Å². The first-order valence-corrected chi connectivity index (χ1v) is 7.18. The molecule has 1 atom stereocenters. The van der Waals surface area contributed by atoms with Crippen molar-refractivity contribution in [1.29, 1.82) is 0 Å². The molecule has 2 nitrogen and oxygen atoms in total. The monoisotopic (exact) mass is 256 g/mol. The van der Waals surface area contributed by atoms with E-state index in [9.17, 15) is 0 Å². The van der Waals surface area contributed by atoms with Gasteiger partial charge in [0.1, 0.15) is 11.3 Å². The molecule has 1 aliphatic rings. The number of rotatable bonds is 7. The summed E-state index contributed by atoms with van der Waals surface area (Å²) in [5.41, 5.74) is 2.65. The molecular weight excluding hydrogens is 232 g/mol. The first-order chi connectivity index (χ1) is 8.19. The van der Waals surface area contributed by atoms with Crippen LogP contribution < -0.4 is 10.6 Å². The van der Waals surface area contributed by atoms with Crippen LogP contribution in [-0.4, -0.2) is 12.0 Å². The largest absolute Gasteiger partial charge is 0.372 e. The Hall–Kier alpha value is -0.630. The molecule has 1 unspecified atom stereocenters. The van der Waals surface area contributed by atoms with Crippen LogP contribution in [0.25, 0.3) is 0 Å². The number of nitrogens with one attached hydrogen (secondary N) is 2. The van der Waals surface area contributed by atoms with Crippen molar-refractivity contribution < 1.29 is 0 Å². The number of hydrogen-bond donors (Lipinski definition) is 2. The SMILES string of the molecule is C=C(CCC)C1=C(NCCCC)NC(Cl)CC1. The van der Waals surface area contributed by atoms with Crippen LogP contribution >= 0.6 is 11.6 Å². The van der Waals surface area contributed by atoms with Gasteiger partial charge < -0.3 is 10.6 Å². The van der Waals surface area contributed by atoms with Crippen molar-refractivity contribution >= 4 is 11.6 Å². The molecule has 3 heteroatoms. The van der Waals surface area contributed by atoms with Crippen molar-refractivity contribution in [2.75, 3.05) is 6.54 Å². The van der Waals surface area contributed by atoms with Gasteiger partial charge in [0.25, 0.3) is 0 Å². The minimum absolute atomic E-state index is 0.0531. The summed E-state index contributed by atoms with van der Waals surface area (Å²) in [6.07, 6.45) is 6.63. The minimum Gasteiger partial charge on any atom is -0.372 e. The normalized spacial score (nSPS) is 20.1. The summed E-state index contributed by atoms with van der Waals surface area (Å²) in [4.78, 5) is 0. The third-order valence-corrected chi connectivity index (χ3v) is 3.39. The van der Waals surface area contributed by atoms with E-state index >= 15 is 0 Å². The number of unbranched alkanes of at least 4 members (excludes halogenated alkanes) is 1. The van der Waals surface area contributed by atoms with Crippen molar-refractivity contribution in [1.82, 2.24) is 10.6 Å². The number of halogens is 1. The average molecular weight is 257 g/mol. The van der Waals surface area contributed by atoms with E-state index in [4.69, 9.17) is 11.6 Å². The van der Waals surface area contributed by atoms with E-state index in [0.717, 1.165) is 38.0 Å². The van der Waals surface area contributed by atoms with Crippen LogP contribution in [-0.2, 0) is 0 Å². The Kier molecular flexibility index (Phi) is 6.49. The number of hydrogen-bond acceptors (Lipinski definition) is 2. The Morgan fingerprint density at radius 1 is 1.47 bits per heavy atom. The standard InChI is InChI=1S/C14H25ClN2/c1-4-6-10-16-14-12(11(3)7-5-2)8-9-13(15)17-14/h13,16-17H,3-10H2,1-2H3. The van der Waals surface area contributed by atoms with Crippen LogP contribution in [0.15, 0.2) is 23.5 Å². The lowest BCUT2D eigenvalue weighted by molar-refractivity contribution is 0.554. The molecule has 0 amide bonds. The van der Waals surface area contributed by atoms with Gasteiger partial charge in [-0.05, 0) is 36.8 Å². The van der Waals surface area contributed by atoms with Crippen LogP contribution in [0.3, 0.4) is 0 Å². The highest BCUT2D eigenvalue weighted by molar-refractivity contribution is 6.20. The Morgan fingerprint density at radius 2 is 2.24 bits per heavy atom. The summed E-state index contributed by atoms with van der Waals surface area (Å²) in [6, 6.07) is 0. The molecule has 98 valence electrons. The summed E-state index contributed by atoms with van der Waals surface area (Å²) in [5, 5.41) is 6.80. The number of allylic oxidation sites excluding steroid dienone is 2. The zero-order chi connectivity index (χ0) is 12.7. The van der Waals surface area contributed by atoms with Crippen molar-refractivity contribution in [2.24, 2.45) is 0 Å². The molecule has 1 heterocycles. The molecule has 0 aliphatic carbocycles. The van der Waals surface area contributed by atoms with Gasteiger partial charge in [-0.15, -0.1) is 0 Å². The zero-order valence-corrected chi connectivity index (χ0v) is 11.9. The Balaban J connectivity index is 2.67. The molecule has 0 radical (unpaired) electrons. The molecule has 1 rings (SSSR count). The minimum atomic E-state index is 0.0531. The zero-order valence-electron chi connectivity index (χ0n) is 11.1. The van der Waals surface area contributed by atoms with Gasteiger partial charge in [0.2, 0.25) is 0 Å². The third-order valence-electron chi connectivity index (χ3n) is 3.06. The van der Waals surface area contributed by atoms with E-state index in [0.29, 0.717) is 0 Å². The maximum atomic E-state index is 6.16. The van der Waals surface area contributed by atoms with E-state index in [-0.39, 0.29) is 5.50 Å². The van der Waals surface area contributed by atoms with Crippen LogP contribution in [0, 0.1) is 0 Å². The first kappa shape index (κ1) is 14.4. The van der Waals surface area contributed by atoms with Crippen LogP contribution in [0.5, 0.6) is 0 Å². The second kappa shape index (κ2) is 7.65. The van der Waals surface area contributed by atoms with E-state index in [1.54, 1.807) is 0 Å². The lowest BCUT2D eigenvalue weighted by Crippen LogP contribution is -2.37. The first-order valence-electron chi connectivity index (χ1n) is 6.74. The van der Waals surface area contributed by atoms with Crippen LogP contribution in [0.2, 0.25) is 0 Å². The molecular formula is C14H25ClN2. The molecule has 0 saturated carbocycles. The Bertz CT molecular complexity index is 284. The van der Waals surface area contributed by atoms with Crippen LogP contribution in [0.4, 0.5) is 0 Å². The quantitative estimate of drug-likeness (QED) is 0.410. The van der Waals surface area contributed by atoms with Crippen LogP contribution in [0.1, 0.15) is 52.4 Å².